The van der Waals surface area contributed by atoms with Crippen molar-refractivity contribution in [2.75, 3.05) is 5.32 Å². The standard InChI is InChI=1S/C22H20N4O/c1-14-9-11-24-19(12-14)26-20(17-4-3-10-23-13-17)18-8-7-16-6-5-15(2)25-21(16)22(18)27/h3-13,20,27H,1-2H3,(H,24,26)/p+1/t20-/m0/s1. The number of anilines is 1. The van der Waals surface area contributed by atoms with Crippen LogP contribution in [-0.4, -0.2) is 15.1 Å². The van der Waals surface area contributed by atoms with Gasteiger partial charge in [-0.2, -0.15) is 0 Å². The van der Waals surface area contributed by atoms with Crippen molar-refractivity contribution in [1.82, 2.24) is 9.97 Å². The Morgan fingerprint density at radius 3 is 2.70 bits per heavy atom. The summed E-state index contributed by atoms with van der Waals surface area (Å²) in [6.07, 6.45) is 5.44. The zero-order valence-corrected chi connectivity index (χ0v) is 15.3. The molecule has 0 aliphatic heterocycles. The molecule has 0 spiro atoms. The first-order valence-corrected chi connectivity index (χ1v) is 8.86. The summed E-state index contributed by atoms with van der Waals surface area (Å²) in [4.78, 5) is 12.0. The molecule has 0 saturated heterocycles. The number of aromatic hydroxyl groups is 1. The molecule has 3 aromatic heterocycles. The number of aryl methyl sites for hydroxylation is 2. The molecule has 3 heterocycles. The van der Waals surface area contributed by atoms with Crippen LogP contribution in [0.2, 0.25) is 0 Å². The van der Waals surface area contributed by atoms with Crippen molar-refractivity contribution in [3.05, 3.63) is 89.5 Å². The number of hydrogen-bond acceptors (Lipinski definition) is 4. The van der Waals surface area contributed by atoms with Crippen LogP contribution < -0.4 is 10.3 Å². The first kappa shape index (κ1) is 17.0. The van der Waals surface area contributed by atoms with Gasteiger partial charge in [0.05, 0.1) is 6.20 Å². The monoisotopic (exact) mass is 357 g/mol. The summed E-state index contributed by atoms with van der Waals surface area (Å²) in [7, 11) is 0. The van der Waals surface area contributed by atoms with E-state index in [-0.39, 0.29) is 11.8 Å². The van der Waals surface area contributed by atoms with E-state index in [0.29, 0.717) is 5.52 Å². The predicted molar refractivity (Wildman–Crippen MR) is 106 cm³/mol. The van der Waals surface area contributed by atoms with E-state index in [4.69, 9.17) is 0 Å². The van der Waals surface area contributed by atoms with Crippen molar-refractivity contribution >= 4 is 16.7 Å². The molecular weight excluding hydrogens is 336 g/mol. The van der Waals surface area contributed by atoms with E-state index in [9.17, 15) is 5.11 Å². The highest BCUT2D eigenvalue weighted by Gasteiger charge is 2.24. The highest BCUT2D eigenvalue weighted by molar-refractivity contribution is 5.86. The van der Waals surface area contributed by atoms with Crippen molar-refractivity contribution in [3.8, 4) is 5.75 Å². The van der Waals surface area contributed by atoms with E-state index in [1.54, 1.807) is 12.4 Å². The summed E-state index contributed by atoms with van der Waals surface area (Å²) < 4.78 is 0. The highest BCUT2D eigenvalue weighted by Crippen LogP contribution is 2.36. The van der Waals surface area contributed by atoms with E-state index >= 15 is 0 Å². The van der Waals surface area contributed by atoms with Gasteiger partial charge in [0.15, 0.2) is 0 Å². The van der Waals surface area contributed by atoms with Gasteiger partial charge in [0, 0.05) is 40.7 Å². The number of H-pyrrole nitrogens is 1. The highest BCUT2D eigenvalue weighted by atomic mass is 16.3. The van der Waals surface area contributed by atoms with Gasteiger partial charge in [-0.05, 0) is 43.7 Å². The minimum absolute atomic E-state index is 0.185. The number of hydrogen-bond donors (Lipinski definition) is 2. The third kappa shape index (κ3) is 3.44. The van der Waals surface area contributed by atoms with Gasteiger partial charge < -0.3 is 5.11 Å². The van der Waals surface area contributed by atoms with Gasteiger partial charge in [-0.15, -0.1) is 0 Å². The maximum Gasteiger partial charge on any atom is 0.273 e. The lowest BCUT2D eigenvalue weighted by molar-refractivity contribution is -0.361. The number of rotatable bonds is 4. The Morgan fingerprint density at radius 2 is 1.93 bits per heavy atom. The zero-order chi connectivity index (χ0) is 18.8. The molecule has 1 atom stereocenters. The summed E-state index contributed by atoms with van der Waals surface area (Å²) in [6, 6.07) is 15.5. The Morgan fingerprint density at radius 1 is 1.07 bits per heavy atom. The third-order valence-corrected chi connectivity index (χ3v) is 4.59. The van der Waals surface area contributed by atoms with Crippen LogP contribution in [0.4, 0.5) is 5.82 Å². The smallest absolute Gasteiger partial charge is 0.273 e. The van der Waals surface area contributed by atoms with Crippen molar-refractivity contribution in [2.45, 2.75) is 19.9 Å². The molecule has 0 radical (unpaired) electrons. The lowest BCUT2D eigenvalue weighted by atomic mass is 9.97. The molecule has 0 fully saturated rings. The maximum absolute atomic E-state index is 11.0. The van der Waals surface area contributed by atoms with Crippen LogP contribution in [0.3, 0.4) is 0 Å². The average Bonchev–Trinajstić information content (AvgIpc) is 2.68. The molecule has 5 nitrogen and oxygen atoms in total. The molecule has 5 heteroatoms. The van der Waals surface area contributed by atoms with Crippen LogP contribution >= 0.6 is 0 Å². The quantitative estimate of drug-likeness (QED) is 0.580. The van der Waals surface area contributed by atoms with E-state index in [0.717, 1.165) is 33.6 Å². The Kier molecular flexibility index (Phi) is 4.42. The van der Waals surface area contributed by atoms with Crippen molar-refractivity contribution in [1.29, 1.82) is 0 Å². The Labute approximate surface area is 157 Å². The fourth-order valence-electron chi connectivity index (χ4n) is 3.23. The Balaban J connectivity index is 1.86. The molecule has 0 aliphatic rings. The fraction of sp³-hybridized carbons (Fsp3) is 0.136. The number of nitrogens with one attached hydrogen (secondary N) is 2. The van der Waals surface area contributed by atoms with Crippen LogP contribution in [0.15, 0.2) is 67.1 Å². The number of aromatic nitrogens is 3. The molecule has 3 N–H and O–H groups in total. The normalized spacial score (nSPS) is 12.1. The molecule has 0 aliphatic carbocycles. The third-order valence-electron chi connectivity index (χ3n) is 4.59. The van der Waals surface area contributed by atoms with Crippen LogP contribution in [0, 0.1) is 13.8 Å². The van der Waals surface area contributed by atoms with Gasteiger partial charge in [-0.25, -0.2) is 9.97 Å². The lowest BCUT2D eigenvalue weighted by Gasteiger charge is -2.17. The van der Waals surface area contributed by atoms with Crippen LogP contribution in [0.5, 0.6) is 5.75 Å². The minimum Gasteiger partial charge on any atom is -0.505 e. The van der Waals surface area contributed by atoms with Gasteiger partial charge in [0.1, 0.15) is 17.3 Å². The predicted octanol–water partition coefficient (Wildman–Crippen LogP) is 3.97. The van der Waals surface area contributed by atoms with Crippen molar-refractivity contribution < 1.29 is 10.1 Å². The van der Waals surface area contributed by atoms with Gasteiger partial charge in [0.2, 0.25) is 0 Å². The summed E-state index contributed by atoms with van der Waals surface area (Å²) in [6.45, 7) is 3.96. The average molecular weight is 357 g/mol. The number of phenolic OH excluding ortho intramolecular Hbond substituents is 1. The second-order valence-electron chi connectivity index (χ2n) is 6.67. The second kappa shape index (κ2) is 7.03. The number of nitrogens with zero attached hydrogens (tertiary/aromatic N) is 2. The number of aromatic amines is 1. The molecule has 0 saturated carbocycles. The molecular formula is C22H21N4O+. The molecule has 0 unspecified atom stereocenters. The first-order chi connectivity index (χ1) is 13.1. The fourth-order valence-corrected chi connectivity index (χ4v) is 3.23. The summed E-state index contributed by atoms with van der Waals surface area (Å²) in [5, 5.41) is 15.4. The van der Waals surface area contributed by atoms with Gasteiger partial charge >= 0.3 is 0 Å². The zero-order valence-electron chi connectivity index (χ0n) is 15.3. The summed E-state index contributed by atoms with van der Waals surface area (Å²) in [5.74, 6) is 1.05. The van der Waals surface area contributed by atoms with E-state index in [1.807, 2.05) is 68.6 Å². The molecule has 1 aromatic carbocycles. The number of fused-ring (bicyclic) bond motifs is 1. The van der Waals surface area contributed by atoms with Crippen molar-refractivity contribution in [2.24, 2.45) is 0 Å². The number of pyridine rings is 3. The topological polar surface area (TPSA) is 72.2 Å². The molecule has 4 rings (SSSR count). The van der Waals surface area contributed by atoms with E-state index in [1.165, 1.54) is 0 Å². The summed E-state index contributed by atoms with van der Waals surface area (Å²) >= 11 is 0. The summed E-state index contributed by atoms with van der Waals surface area (Å²) in [5.41, 5.74) is 4.32. The first-order valence-electron chi connectivity index (χ1n) is 8.86. The van der Waals surface area contributed by atoms with Gasteiger partial charge in [0.25, 0.3) is 5.82 Å². The molecule has 0 amide bonds. The maximum atomic E-state index is 11.0. The van der Waals surface area contributed by atoms with Gasteiger partial charge in [-0.1, -0.05) is 18.2 Å². The molecule has 0 bridgehead atoms. The van der Waals surface area contributed by atoms with E-state index in [2.05, 4.69) is 20.3 Å². The van der Waals surface area contributed by atoms with Crippen molar-refractivity contribution in [3.63, 3.8) is 0 Å². The molecule has 27 heavy (non-hydrogen) atoms. The lowest BCUT2D eigenvalue weighted by Crippen LogP contribution is -2.19. The molecule has 4 aromatic rings. The van der Waals surface area contributed by atoms with Crippen LogP contribution in [0.1, 0.15) is 28.4 Å². The Bertz CT molecular complexity index is 1100. The molecule has 134 valence electrons. The minimum atomic E-state index is -0.275. The van der Waals surface area contributed by atoms with Crippen LogP contribution in [-0.2, 0) is 0 Å². The Hall–Kier alpha value is -3.47. The largest absolute Gasteiger partial charge is 0.505 e. The number of benzene rings is 1. The second-order valence-corrected chi connectivity index (χ2v) is 6.67. The number of phenols is 1. The SMILES string of the molecule is Cc1cc[nH+]c(N[C@@H](c2cccnc2)c2ccc3ccc(C)nc3c2O)c1. The van der Waals surface area contributed by atoms with Gasteiger partial charge in [-0.3, -0.25) is 10.3 Å². The van der Waals surface area contributed by atoms with E-state index < -0.39 is 0 Å². The van der Waals surface area contributed by atoms with Crippen LogP contribution in [0.25, 0.3) is 10.9 Å².